The second-order valence-corrected chi connectivity index (χ2v) is 8.74. The number of likely N-dealkylation sites (tertiary alicyclic amines) is 1. The van der Waals surface area contributed by atoms with Crippen molar-refractivity contribution < 1.29 is 33.7 Å². The summed E-state index contributed by atoms with van der Waals surface area (Å²) in [6.45, 7) is 6.49. The van der Waals surface area contributed by atoms with Crippen molar-refractivity contribution in [3.8, 4) is 11.5 Å². The van der Waals surface area contributed by atoms with E-state index in [1.165, 1.54) is 11.8 Å². The Morgan fingerprint density at radius 2 is 1.80 bits per heavy atom. The lowest BCUT2D eigenvalue weighted by Crippen LogP contribution is -2.31. The van der Waals surface area contributed by atoms with Crippen molar-refractivity contribution in [1.29, 1.82) is 0 Å². The van der Waals surface area contributed by atoms with Gasteiger partial charge in [0.2, 0.25) is 0 Å². The number of aliphatic hydroxyl groups excluding tert-OH is 1. The molecule has 1 aliphatic rings. The summed E-state index contributed by atoms with van der Waals surface area (Å²) in [5.74, 6) is -1.14. The fraction of sp³-hybridized carbons (Fsp3) is 0.370. The van der Waals surface area contributed by atoms with E-state index in [1.807, 2.05) is 13.8 Å². The summed E-state index contributed by atoms with van der Waals surface area (Å²) in [5, 5.41) is 11.3. The second kappa shape index (κ2) is 11.7. The van der Waals surface area contributed by atoms with Gasteiger partial charge in [0.05, 0.1) is 18.2 Å². The molecule has 0 saturated carbocycles. The number of Topliss-reactive ketones (excluding diaryl/α,β-unsaturated/α-hetero) is 1. The molecular weight excluding hydrogens is 450 g/mol. The summed E-state index contributed by atoms with van der Waals surface area (Å²) in [6.07, 6.45) is 0.502. The van der Waals surface area contributed by atoms with Crippen LogP contribution in [0.15, 0.2) is 54.1 Å². The third-order valence-corrected chi connectivity index (χ3v) is 5.41. The van der Waals surface area contributed by atoms with Crippen molar-refractivity contribution in [3.05, 3.63) is 65.2 Å². The van der Waals surface area contributed by atoms with E-state index in [2.05, 4.69) is 0 Å². The fourth-order valence-corrected chi connectivity index (χ4v) is 3.90. The summed E-state index contributed by atoms with van der Waals surface area (Å²) >= 11 is 0. The molecular formula is C27H31NO7. The van der Waals surface area contributed by atoms with E-state index in [4.69, 9.17) is 14.2 Å². The van der Waals surface area contributed by atoms with E-state index in [9.17, 15) is 19.5 Å². The Morgan fingerprint density at radius 1 is 1.09 bits per heavy atom. The van der Waals surface area contributed by atoms with E-state index in [0.717, 1.165) is 0 Å². The van der Waals surface area contributed by atoms with E-state index >= 15 is 0 Å². The summed E-state index contributed by atoms with van der Waals surface area (Å²) in [5.41, 5.74) is 0.866. The molecule has 1 heterocycles. The molecule has 2 aromatic carbocycles. The first-order valence-corrected chi connectivity index (χ1v) is 11.5. The van der Waals surface area contributed by atoms with Gasteiger partial charge in [-0.3, -0.25) is 14.4 Å². The highest BCUT2D eigenvalue weighted by Gasteiger charge is 2.46. The smallest absolute Gasteiger partial charge is 0.308 e. The van der Waals surface area contributed by atoms with Crippen molar-refractivity contribution >= 4 is 23.4 Å². The van der Waals surface area contributed by atoms with E-state index in [1.54, 1.807) is 55.6 Å². The minimum Gasteiger partial charge on any atom is -0.507 e. The Labute approximate surface area is 205 Å². The number of hydrogen-bond acceptors (Lipinski definition) is 7. The van der Waals surface area contributed by atoms with Crippen molar-refractivity contribution in [3.63, 3.8) is 0 Å². The van der Waals surface area contributed by atoms with E-state index < -0.39 is 23.7 Å². The standard InChI is InChI=1S/C27H31NO7/c1-17(2)16-34-21-10-6-9-20(15-21)25(30)23-24(19-8-5-11-22(14-19)35-18(3)29)28(12-7-13-33-4)27(32)26(23)31/h5-6,8-11,14-15,17,24,30H,7,12-13,16H2,1-4H3/b25-23-. The van der Waals surface area contributed by atoms with Gasteiger partial charge >= 0.3 is 5.97 Å². The quantitative estimate of drug-likeness (QED) is 0.136. The SMILES string of the molecule is COCCCN1C(=O)C(=O)/C(=C(\O)c2cccc(OCC(C)C)c2)C1c1cccc(OC(C)=O)c1. The maximum atomic E-state index is 13.2. The lowest BCUT2D eigenvalue weighted by Gasteiger charge is -2.25. The van der Waals surface area contributed by atoms with Crippen LogP contribution in [0, 0.1) is 5.92 Å². The second-order valence-electron chi connectivity index (χ2n) is 8.74. The predicted octanol–water partition coefficient (Wildman–Crippen LogP) is 4.10. The molecule has 1 atom stereocenters. The van der Waals surface area contributed by atoms with Gasteiger partial charge in [-0.05, 0) is 42.2 Å². The number of ether oxygens (including phenoxy) is 3. The average Bonchev–Trinajstić information content (AvgIpc) is 3.07. The van der Waals surface area contributed by atoms with Gasteiger partial charge in [-0.25, -0.2) is 0 Å². The first-order valence-electron chi connectivity index (χ1n) is 11.5. The van der Waals surface area contributed by atoms with Gasteiger partial charge < -0.3 is 24.2 Å². The number of nitrogens with zero attached hydrogens (tertiary/aromatic N) is 1. The molecule has 0 spiro atoms. The van der Waals surface area contributed by atoms with Crippen LogP contribution >= 0.6 is 0 Å². The van der Waals surface area contributed by atoms with Crippen molar-refractivity contribution in [1.82, 2.24) is 4.90 Å². The van der Waals surface area contributed by atoms with Gasteiger partial charge in [0.15, 0.2) is 0 Å². The van der Waals surface area contributed by atoms with Gasteiger partial charge in [-0.2, -0.15) is 0 Å². The number of amides is 1. The highest BCUT2D eigenvalue weighted by atomic mass is 16.5. The Bertz CT molecular complexity index is 1120. The minimum absolute atomic E-state index is 0.0339. The monoisotopic (exact) mass is 481 g/mol. The van der Waals surface area contributed by atoms with Gasteiger partial charge in [0.1, 0.15) is 17.3 Å². The predicted molar refractivity (Wildman–Crippen MR) is 130 cm³/mol. The number of benzene rings is 2. The molecule has 35 heavy (non-hydrogen) atoms. The van der Waals surface area contributed by atoms with Crippen LogP contribution < -0.4 is 9.47 Å². The Hall–Kier alpha value is -3.65. The number of rotatable bonds is 10. The fourth-order valence-electron chi connectivity index (χ4n) is 3.90. The number of carbonyl (C=O) groups is 3. The molecule has 0 radical (unpaired) electrons. The average molecular weight is 482 g/mol. The van der Waals surface area contributed by atoms with Crippen LogP contribution in [0.4, 0.5) is 0 Å². The summed E-state index contributed by atoms with van der Waals surface area (Å²) in [6, 6.07) is 12.5. The minimum atomic E-state index is -0.859. The van der Waals surface area contributed by atoms with Crippen LogP contribution in [0.2, 0.25) is 0 Å². The van der Waals surface area contributed by atoms with Gasteiger partial charge in [0.25, 0.3) is 11.7 Å². The molecule has 8 heteroatoms. The molecule has 8 nitrogen and oxygen atoms in total. The molecule has 1 aliphatic heterocycles. The molecule has 2 aromatic rings. The molecule has 1 amide bonds. The number of aliphatic hydroxyl groups is 1. The van der Waals surface area contributed by atoms with Gasteiger partial charge in [-0.15, -0.1) is 0 Å². The van der Waals surface area contributed by atoms with Crippen LogP contribution in [-0.4, -0.2) is 54.5 Å². The van der Waals surface area contributed by atoms with Crippen molar-refractivity contribution in [2.45, 2.75) is 33.2 Å². The molecule has 186 valence electrons. The zero-order valence-corrected chi connectivity index (χ0v) is 20.4. The third-order valence-electron chi connectivity index (χ3n) is 5.41. The lowest BCUT2D eigenvalue weighted by atomic mass is 9.95. The summed E-state index contributed by atoms with van der Waals surface area (Å²) in [4.78, 5) is 39.0. The lowest BCUT2D eigenvalue weighted by molar-refractivity contribution is -0.140. The normalized spacial score (nSPS) is 17.2. The van der Waals surface area contributed by atoms with Crippen LogP contribution in [0.25, 0.3) is 5.76 Å². The molecule has 3 rings (SSSR count). The summed E-state index contributed by atoms with van der Waals surface area (Å²) in [7, 11) is 1.56. The van der Waals surface area contributed by atoms with Crippen LogP contribution in [-0.2, 0) is 19.1 Å². The van der Waals surface area contributed by atoms with Gasteiger partial charge in [-0.1, -0.05) is 38.1 Å². The topological polar surface area (TPSA) is 102 Å². The molecule has 0 aliphatic carbocycles. The van der Waals surface area contributed by atoms with Crippen molar-refractivity contribution in [2.75, 3.05) is 26.9 Å². The number of esters is 1. The Morgan fingerprint density at radius 3 is 2.49 bits per heavy atom. The zero-order chi connectivity index (χ0) is 25.5. The summed E-state index contributed by atoms with van der Waals surface area (Å²) < 4.78 is 16.1. The van der Waals surface area contributed by atoms with Crippen LogP contribution in [0.1, 0.15) is 44.4 Å². The maximum absolute atomic E-state index is 13.2. The highest BCUT2D eigenvalue weighted by Crippen LogP contribution is 2.40. The largest absolute Gasteiger partial charge is 0.507 e. The number of ketones is 1. The van der Waals surface area contributed by atoms with Crippen molar-refractivity contribution in [2.24, 2.45) is 5.92 Å². The first-order chi connectivity index (χ1) is 16.7. The number of hydrogen-bond donors (Lipinski definition) is 1. The molecule has 1 saturated heterocycles. The number of carbonyl (C=O) groups excluding carboxylic acids is 3. The first kappa shape index (κ1) is 26.0. The van der Waals surface area contributed by atoms with Gasteiger partial charge in [0, 0.05) is 32.7 Å². The zero-order valence-electron chi connectivity index (χ0n) is 20.4. The highest BCUT2D eigenvalue weighted by molar-refractivity contribution is 6.46. The molecule has 1 N–H and O–H groups in total. The molecule has 1 fully saturated rings. The maximum Gasteiger partial charge on any atom is 0.308 e. The van der Waals surface area contributed by atoms with Crippen LogP contribution in [0.5, 0.6) is 11.5 Å². The number of methoxy groups -OCH3 is 1. The third kappa shape index (κ3) is 6.27. The molecule has 1 unspecified atom stereocenters. The Balaban J connectivity index is 2.09. The Kier molecular flexibility index (Phi) is 8.65. The van der Waals surface area contributed by atoms with E-state index in [-0.39, 0.29) is 23.6 Å². The molecule has 0 aromatic heterocycles. The van der Waals surface area contributed by atoms with Crippen LogP contribution in [0.3, 0.4) is 0 Å². The van der Waals surface area contributed by atoms with E-state index in [0.29, 0.717) is 42.4 Å². The molecule has 0 bridgehead atoms.